The zero-order chi connectivity index (χ0) is 23.9. The quantitative estimate of drug-likeness (QED) is 0.0769. The number of aliphatic hydroxyl groups excluding tert-OH is 1. The first-order valence-corrected chi connectivity index (χ1v) is 12.8. The number of ether oxygens (including phenoxy) is 2. The third kappa shape index (κ3) is 5.66. The Morgan fingerprint density at radius 3 is 1.81 bits per heavy atom. The van der Waals surface area contributed by atoms with Crippen LogP contribution >= 0.6 is 15.2 Å². The summed E-state index contributed by atoms with van der Waals surface area (Å²) in [6, 6.07) is 0. The molecule has 0 radical (unpaired) electrons. The molecule has 0 aliphatic carbocycles. The molecular weight excluding hydrogens is 478 g/mol. The summed E-state index contributed by atoms with van der Waals surface area (Å²) < 4.78 is 36.1. The first kappa shape index (κ1) is 25.5. The van der Waals surface area contributed by atoms with E-state index in [1.54, 1.807) is 0 Å². The van der Waals surface area contributed by atoms with Gasteiger partial charge in [0.1, 0.15) is 12.2 Å². The molecule has 2 aliphatic rings. The van der Waals surface area contributed by atoms with Gasteiger partial charge in [-0.25, -0.2) is 23.5 Å². The van der Waals surface area contributed by atoms with Crippen molar-refractivity contribution in [2.75, 3.05) is 26.3 Å². The minimum atomic E-state index is -5.58. The minimum Gasteiger partial charge on any atom is -0.390 e. The van der Waals surface area contributed by atoms with Crippen LogP contribution in [0, 0.1) is 0 Å². The van der Waals surface area contributed by atoms with Crippen molar-refractivity contribution in [1.82, 2.24) is 19.2 Å². The van der Waals surface area contributed by atoms with Crippen molar-refractivity contribution in [3.05, 3.63) is 21.0 Å². The van der Waals surface area contributed by atoms with Gasteiger partial charge in [0.15, 0.2) is 0 Å². The van der Waals surface area contributed by atoms with Crippen LogP contribution in [0.2, 0.25) is 0 Å². The molecule has 3 atom stereocenters. The van der Waals surface area contributed by atoms with Crippen molar-refractivity contribution in [1.29, 1.82) is 0 Å². The van der Waals surface area contributed by atoms with E-state index >= 15 is 0 Å². The smallest absolute Gasteiger partial charge is 0.369 e. The number of rotatable bonds is 13. The molecule has 18 heteroatoms. The molecule has 184 valence electrons. The number of aliphatic hydroxyl groups is 2. The summed E-state index contributed by atoms with van der Waals surface area (Å²) in [4.78, 5) is 61.7. The number of epoxide rings is 2. The van der Waals surface area contributed by atoms with Gasteiger partial charge in [0, 0.05) is 13.0 Å². The maximum absolute atomic E-state index is 12.7. The summed E-state index contributed by atoms with van der Waals surface area (Å²) in [5, 5.41) is 18.9. The molecule has 0 aromatic carbocycles. The van der Waals surface area contributed by atoms with E-state index in [0.717, 1.165) is 4.57 Å². The van der Waals surface area contributed by atoms with Crippen molar-refractivity contribution < 1.29 is 48.4 Å². The van der Waals surface area contributed by atoms with Gasteiger partial charge in [-0.3, -0.25) is 9.13 Å². The molecule has 2 aliphatic heterocycles. The van der Waals surface area contributed by atoms with Crippen LogP contribution in [0.4, 0.5) is 0 Å². The van der Waals surface area contributed by atoms with Gasteiger partial charge in [-0.05, 0) is 6.54 Å². The summed E-state index contributed by atoms with van der Waals surface area (Å²) in [5.74, 6) is 0. The average Bonchev–Trinajstić information content (AvgIpc) is 3.57. The molecule has 1 aromatic heterocycles. The lowest BCUT2D eigenvalue weighted by Gasteiger charge is -2.29. The fraction of sp³-hybridized carbons (Fsp3) is 0.857. The van der Waals surface area contributed by atoms with E-state index in [-0.39, 0.29) is 31.8 Å². The van der Waals surface area contributed by atoms with E-state index in [1.807, 2.05) is 0 Å². The number of hydrogen-bond donors (Lipinski definition) is 7. The third-order valence-corrected chi connectivity index (χ3v) is 8.97. The summed E-state index contributed by atoms with van der Waals surface area (Å²) in [6.45, 7) is 0.0868. The molecule has 7 N–H and O–H groups in total. The Morgan fingerprint density at radius 2 is 1.44 bits per heavy atom. The Bertz CT molecular complexity index is 962. The SMILES string of the molecule is O=c1n(CC(O)CNCCC(O)(P(=O)(O)O)P(=O)(O)O)c(=O)n(CC2CO2)n1CC1CO1. The molecule has 3 rings (SSSR count). The molecule has 0 bridgehead atoms. The minimum absolute atomic E-state index is 0.172. The molecule has 3 unspecified atom stereocenters. The predicted octanol–water partition coefficient (Wildman–Crippen LogP) is -4.05. The summed E-state index contributed by atoms with van der Waals surface area (Å²) in [6.07, 6.45) is -2.68. The molecule has 32 heavy (non-hydrogen) atoms. The third-order valence-electron chi connectivity index (χ3n) is 5.10. The van der Waals surface area contributed by atoms with Crippen molar-refractivity contribution in [2.45, 2.75) is 49.5 Å². The molecular formula is C14H26N4O12P2. The van der Waals surface area contributed by atoms with Gasteiger partial charge in [-0.1, -0.05) is 0 Å². The first-order chi connectivity index (χ1) is 14.7. The fourth-order valence-electron chi connectivity index (χ4n) is 3.07. The van der Waals surface area contributed by atoms with E-state index in [1.165, 1.54) is 9.36 Å². The van der Waals surface area contributed by atoms with E-state index < -0.39 is 57.3 Å². The Balaban J connectivity index is 1.61. The van der Waals surface area contributed by atoms with Gasteiger partial charge in [-0.15, -0.1) is 0 Å². The highest BCUT2D eigenvalue weighted by Gasteiger charge is 2.58. The van der Waals surface area contributed by atoms with Crippen LogP contribution in [0.15, 0.2) is 9.59 Å². The number of hydrogen-bond acceptors (Lipinski definition) is 9. The summed E-state index contributed by atoms with van der Waals surface area (Å²) >= 11 is 0. The van der Waals surface area contributed by atoms with Gasteiger partial charge in [0.25, 0.3) is 5.08 Å². The largest absolute Gasteiger partial charge is 0.390 e. The van der Waals surface area contributed by atoms with Crippen LogP contribution in [-0.2, 0) is 38.2 Å². The van der Waals surface area contributed by atoms with E-state index in [9.17, 15) is 28.9 Å². The van der Waals surface area contributed by atoms with Gasteiger partial charge in [0.05, 0.1) is 39.0 Å². The van der Waals surface area contributed by atoms with Crippen LogP contribution in [0.25, 0.3) is 0 Å². The van der Waals surface area contributed by atoms with Crippen molar-refractivity contribution in [3.8, 4) is 0 Å². The zero-order valence-corrected chi connectivity index (χ0v) is 18.5. The molecule has 1 aromatic rings. The van der Waals surface area contributed by atoms with E-state index in [0.29, 0.717) is 13.2 Å². The highest BCUT2D eigenvalue weighted by molar-refractivity contribution is 7.72. The van der Waals surface area contributed by atoms with Crippen LogP contribution in [0.3, 0.4) is 0 Å². The lowest BCUT2D eigenvalue weighted by Crippen LogP contribution is -2.40. The fourth-order valence-corrected chi connectivity index (χ4v) is 5.23. The van der Waals surface area contributed by atoms with Gasteiger partial charge >= 0.3 is 26.6 Å². The molecule has 0 spiro atoms. The number of aromatic nitrogens is 3. The maximum atomic E-state index is 12.7. The highest BCUT2D eigenvalue weighted by atomic mass is 31.2. The first-order valence-electron chi connectivity index (χ1n) is 9.60. The van der Waals surface area contributed by atoms with E-state index in [2.05, 4.69) is 5.32 Å². The van der Waals surface area contributed by atoms with Crippen LogP contribution in [0.5, 0.6) is 0 Å². The monoisotopic (exact) mass is 504 g/mol. The second-order valence-electron chi connectivity index (χ2n) is 7.72. The Morgan fingerprint density at radius 1 is 1.00 bits per heavy atom. The van der Waals surface area contributed by atoms with Crippen molar-refractivity contribution in [2.24, 2.45) is 0 Å². The summed E-state index contributed by atoms with van der Waals surface area (Å²) in [5.41, 5.74) is -1.30. The normalized spacial score (nSPS) is 22.2. The molecule has 3 heterocycles. The Kier molecular flexibility index (Phi) is 7.35. The average molecular weight is 504 g/mol. The standard InChI is InChI=1S/C14H26N4O12P2/c19-9(3-15-2-1-14(22,31(23,24)25)32(26,27)28)4-16-12(20)17(5-10-7-29-10)18(13(16)21)6-11-8-30-11/h9-11,15,19,22H,1-8H2,(H2,23,24,25)(H2,26,27,28). The predicted molar refractivity (Wildman–Crippen MR) is 105 cm³/mol. The topological polar surface area (TPSA) is 242 Å². The van der Waals surface area contributed by atoms with Gasteiger partial charge in [-0.2, -0.15) is 0 Å². The number of nitrogens with one attached hydrogen (secondary N) is 1. The second kappa shape index (κ2) is 9.24. The zero-order valence-electron chi connectivity index (χ0n) is 16.8. The van der Waals surface area contributed by atoms with Gasteiger partial charge in [0.2, 0.25) is 0 Å². The van der Waals surface area contributed by atoms with Gasteiger partial charge < -0.3 is 44.6 Å². The van der Waals surface area contributed by atoms with Crippen molar-refractivity contribution >= 4 is 15.2 Å². The molecule has 2 fully saturated rings. The van der Waals surface area contributed by atoms with E-state index in [4.69, 9.17) is 29.0 Å². The molecule has 2 saturated heterocycles. The van der Waals surface area contributed by atoms with Crippen LogP contribution in [-0.4, -0.2) is 93.4 Å². The summed E-state index contributed by atoms with van der Waals surface area (Å²) in [7, 11) is -11.2. The van der Waals surface area contributed by atoms with Crippen LogP contribution in [0.1, 0.15) is 6.42 Å². The lowest BCUT2D eigenvalue weighted by atomic mass is 10.3. The number of nitrogens with zero attached hydrogens (tertiary/aromatic N) is 3. The molecule has 16 nitrogen and oxygen atoms in total. The Labute approximate surface area is 180 Å². The highest BCUT2D eigenvalue weighted by Crippen LogP contribution is 2.68. The maximum Gasteiger partial charge on any atom is 0.369 e. The lowest BCUT2D eigenvalue weighted by molar-refractivity contribution is 0.118. The van der Waals surface area contributed by atoms with Crippen molar-refractivity contribution in [3.63, 3.8) is 0 Å². The van der Waals surface area contributed by atoms with Crippen LogP contribution < -0.4 is 16.7 Å². The Hall–Kier alpha value is -1.16. The second-order valence-corrected chi connectivity index (χ2v) is 11.7. The molecule has 0 saturated carbocycles. The molecule has 0 amide bonds.